The molecule has 1 heterocycles. The monoisotopic (exact) mass is 361 g/mol. The van der Waals surface area contributed by atoms with Crippen LogP contribution in [0.5, 0.6) is 5.75 Å². The number of alkyl halides is 3. The Hall–Kier alpha value is -3.36. The van der Waals surface area contributed by atoms with Crippen LogP contribution in [-0.2, 0) is 6.18 Å². The van der Waals surface area contributed by atoms with Crippen LogP contribution in [0.2, 0.25) is 0 Å². The molecule has 6 nitrogen and oxygen atoms in total. The first-order chi connectivity index (χ1) is 12.5. The van der Waals surface area contributed by atoms with E-state index in [2.05, 4.69) is 25.8 Å². The molecule has 26 heavy (non-hydrogen) atoms. The first kappa shape index (κ1) is 17.5. The lowest BCUT2D eigenvalue weighted by atomic mass is 10.1. The molecule has 134 valence electrons. The van der Waals surface area contributed by atoms with E-state index in [1.54, 1.807) is 31.4 Å². The number of ether oxygens (including phenoxy) is 1. The van der Waals surface area contributed by atoms with E-state index in [0.29, 0.717) is 17.3 Å². The maximum atomic E-state index is 13.1. The number of methoxy groups -OCH3 is 1. The summed E-state index contributed by atoms with van der Waals surface area (Å²) in [6.07, 6.45) is -3.13. The topological polar surface area (TPSA) is 72.0 Å². The van der Waals surface area contributed by atoms with Crippen molar-refractivity contribution in [1.29, 1.82) is 0 Å². The van der Waals surface area contributed by atoms with Crippen LogP contribution < -0.4 is 15.4 Å². The highest BCUT2D eigenvalue weighted by Crippen LogP contribution is 2.35. The number of nitrogens with zero attached hydrogens (tertiary/aromatic N) is 3. The summed E-state index contributed by atoms with van der Waals surface area (Å²) in [7, 11) is 1.55. The van der Waals surface area contributed by atoms with Gasteiger partial charge in [-0.25, -0.2) is 0 Å². The van der Waals surface area contributed by atoms with Crippen molar-refractivity contribution in [3.05, 3.63) is 60.3 Å². The van der Waals surface area contributed by atoms with Crippen LogP contribution in [0.4, 0.5) is 36.3 Å². The van der Waals surface area contributed by atoms with Crippen molar-refractivity contribution in [3.63, 3.8) is 0 Å². The smallest absolute Gasteiger partial charge is 0.418 e. The highest BCUT2D eigenvalue weighted by molar-refractivity contribution is 5.62. The van der Waals surface area contributed by atoms with E-state index in [1.165, 1.54) is 24.4 Å². The van der Waals surface area contributed by atoms with Gasteiger partial charge in [0.25, 0.3) is 0 Å². The lowest BCUT2D eigenvalue weighted by Crippen LogP contribution is -2.10. The summed E-state index contributed by atoms with van der Waals surface area (Å²) < 4.78 is 44.3. The first-order valence-corrected chi connectivity index (χ1v) is 7.50. The Morgan fingerprint density at radius 1 is 1.00 bits per heavy atom. The molecule has 3 rings (SSSR count). The average Bonchev–Trinajstić information content (AvgIpc) is 2.62. The normalized spacial score (nSPS) is 11.1. The van der Waals surface area contributed by atoms with Gasteiger partial charge in [-0.2, -0.15) is 23.3 Å². The zero-order valence-corrected chi connectivity index (χ0v) is 13.6. The number of benzene rings is 2. The lowest BCUT2D eigenvalue weighted by molar-refractivity contribution is -0.136. The van der Waals surface area contributed by atoms with Crippen molar-refractivity contribution in [1.82, 2.24) is 15.2 Å². The van der Waals surface area contributed by atoms with E-state index < -0.39 is 11.7 Å². The van der Waals surface area contributed by atoms with Crippen LogP contribution in [0.25, 0.3) is 0 Å². The summed E-state index contributed by atoms with van der Waals surface area (Å²) in [6.45, 7) is 0. The van der Waals surface area contributed by atoms with Crippen LogP contribution in [0.15, 0.2) is 54.7 Å². The number of hydrogen-bond acceptors (Lipinski definition) is 6. The SMILES string of the molecule is COc1cccc(Nc2cnnc(Nc3ccccc3C(F)(F)F)n2)c1. The number of aromatic nitrogens is 3. The predicted octanol–water partition coefficient (Wildman–Crippen LogP) is 4.39. The first-order valence-electron chi connectivity index (χ1n) is 7.50. The highest BCUT2D eigenvalue weighted by atomic mass is 19.4. The molecule has 0 aliphatic heterocycles. The van der Waals surface area contributed by atoms with E-state index in [1.807, 2.05) is 0 Å². The second-order valence-electron chi connectivity index (χ2n) is 5.19. The summed E-state index contributed by atoms with van der Waals surface area (Å²) in [6, 6.07) is 12.2. The lowest BCUT2D eigenvalue weighted by Gasteiger charge is -2.13. The fourth-order valence-corrected chi connectivity index (χ4v) is 2.23. The third-order valence-electron chi connectivity index (χ3n) is 3.38. The van der Waals surface area contributed by atoms with Crippen molar-refractivity contribution < 1.29 is 17.9 Å². The Morgan fingerprint density at radius 3 is 2.58 bits per heavy atom. The fourth-order valence-electron chi connectivity index (χ4n) is 2.23. The van der Waals surface area contributed by atoms with Gasteiger partial charge in [-0.15, -0.1) is 5.10 Å². The molecule has 0 aliphatic rings. The molecule has 0 saturated heterocycles. The summed E-state index contributed by atoms with van der Waals surface area (Å²) in [5.74, 6) is 0.907. The molecule has 0 saturated carbocycles. The van der Waals surface area contributed by atoms with Gasteiger partial charge >= 0.3 is 6.18 Å². The van der Waals surface area contributed by atoms with Gasteiger partial charge in [0.2, 0.25) is 5.95 Å². The molecule has 3 aromatic rings. The second-order valence-corrected chi connectivity index (χ2v) is 5.19. The van der Waals surface area contributed by atoms with E-state index in [0.717, 1.165) is 6.07 Å². The van der Waals surface area contributed by atoms with Gasteiger partial charge in [-0.05, 0) is 24.3 Å². The standard InChI is InChI=1S/C17H14F3N5O/c1-26-12-6-4-5-11(9-12)22-15-10-21-25-16(24-15)23-14-8-3-2-7-13(14)17(18,19)20/h2-10H,1H3,(H2,22,23,24,25). The van der Waals surface area contributed by atoms with Gasteiger partial charge in [0.05, 0.1) is 24.6 Å². The maximum Gasteiger partial charge on any atom is 0.418 e. The van der Waals surface area contributed by atoms with Gasteiger partial charge in [0.1, 0.15) is 5.75 Å². The zero-order chi connectivity index (χ0) is 18.6. The number of halogens is 3. The summed E-state index contributed by atoms with van der Waals surface area (Å²) in [4.78, 5) is 4.14. The molecule has 1 aromatic heterocycles. The van der Waals surface area contributed by atoms with Crippen LogP contribution in [0, 0.1) is 0 Å². The molecule has 0 bridgehead atoms. The summed E-state index contributed by atoms with van der Waals surface area (Å²) in [5, 5.41) is 13.0. The molecule has 0 amide bonds. The molecule has 0 radical (unpaired) electrons. The van der Waals surface area contributed by atoms with E-state index >= 15 is 0 Å². The molecule has 0 spiro atoms. The van der Waals surface area contributed by atoms with Crippen LogP contribution in [0.3, 0.4) is 0 Å². The number of rotatable bonds is 5. The Kier molecular flexibility index (Phi) is 4.87. The Bertz CT molecular complexity index is 901. The Morgan fingerprint density at radius 2 is 1.81 bits per heavy atom. The third kappa shape index (κ3) is 4.18. The van der Waals surface area contributed by atoms with E-state index in [9.17, 15) is 13.2 Å². The summed E-state index contributed by atoms with van der Waals surface area (Å²) >= 11 is 0. The minimum Gasteiger partial charge on any atom is -0.497 e. The van der Waals surface area contributed by atoms with Gasteiger partial charge in [-0.1, -0.05) is 18.2 Å². The molecule has 0 aliphatic carbocycles. The van der Waals surface area contributed by atoms with Gasteiger partial charge in [0.15, 0.2) is 5.82 Å². The van der Waals surface area contributed by atoms with Crippen molar-refractivity contribution >= 4 is 23.1 Å². The number of hydrogen-bond donors (Lipinski definition) is 2. The van der Waals surface area contributed by atoms with E-state index in [4.69, 9.17) is 4.74 Å². The van der Waals surface area contributed by atoms with Crippen molar-refractivity contribution in [3.8, 4) is 5.75 Å². The second kappa shape index (κ2) is 7.26. The molecular weight excluding hydrogens is 347 g/mol. The molecule has 2 aromatic carbocycles. The van der Waals surface area contributed by atoms with Crippen LogP contribution in [0.1, 0.15) is 5.56 Å². The number of anilines is 4. The molecule has 9 heteroatoms. The maximum absolute atomic E-state index is 13.1. The minimum absolute atomic E-state index is 0.0606. The van der Waals surface area contributed by atoms with Crippen LogP contribution >= 0.6 is 0 Å². The largest absolute Gasteiger partial charge is 0.497 e. The average molecular weight is 361 g/mol. The quantitative estimate of drug-likeness (QED) is 0.702. The summed E-state index contributed by atoms with van der Waals surface area (Å²) in [5.41, 5.74) is -0.276. The minimum atomic E-state index is -4.49. The van der Waals surface area contributed by atoms with Crippen LogP contribution in [-0.4, -0.2) is 22.3 Å². The molecular formula is C17H14F3N5O. The highest BCUT2D eigenvalue weighted by Gasteiger charge is 2.33. The Labute approximate surface area is 147 Å². The molecule has 0 atom stereocenters. The van der Waals surface area contributed by atoms with Gasteiger partial charge in [-0.3, -0.25) is 0 Å². The zero-order valence-electron chi connectivity index (χ0n) is 13.6. The predicted molar refractivity (Wildman–Crippen MR) is 90.8 cm³/mol. The van der Waals surface area contributed by atoms with E-state index in [-0.39, 0.29) is 11.6 Å². The third-order valence-corrected chi connectivity index (χ3v) is 3.38. The fraction of sp³-hybridized carbons (Fsp3) is 0.118. The van der Waals surface area contributed by atoms with Gasteiger partial charge in [0, 0.05) is 11.8 Å². The molecule has 2 N–H and O–H groups in total. The number of nitrogens with one attached hydrogen (secondary N) is 2. The Balaban J connectivity index is 1.82. The molecule has 0 fully saturated rings. The van der Waals surface area contributed by atoms with Crippen molar-refractivity contribution in [2.45, 2.75) is 6.18 Å². The van der Waals surface area contributed by atoms with Gasteiger partial charge < -0.3 is 15.4 Å². The molecule has 0 unspecified atom stereocenters. The van der Waals surface area contributed by atoms with Crippen molar-refractivity contribution in [2.75, 3.05) is 17.7 Å². The number of para-hydroxylation sites is 1. The van der Waals surface area contributed by atoms with Crippen molar-refractivity contribution in [2.24, 2.45) is 0 Å².